The molecule has 3 N–H and O–H groups in total. The molecule has 0 aliphatic rings. The predicted octanol–water partition coefficient (Wildman–Crippen LogP) is 1.10. The Kier molecular flexibility index (Phi) is 4.51. The number of nitrogens with two attached hydrogens (primary N) is 1. The second kappa shape index (κ2) is 5.67. The van der Waals surface area contributed by atoms with E-state index < -0.39 is 0 Å². The molecule has 0 aliphatic heterocycles. The summed E-state index contributed by atoms with van der Waals surface area (Å²) in [6.07, 6.45) is 0.802. The molecular weight excluding hydrogens is 212 g/mol. The lowest BCUT2D eigenvalue weighted by molar-refractivity contribution is 0.262. The molecule has 0 bridgehead atoms. The van der Waals surface area contributed by atoms with Crippen molar-refractivity contribution in [3.63, 3.8) is 0 Å². The number of amidine groups is 1. The fraction of sp³-hybridized carbons (Fsp3) is 0.556. The SMILES string of the molecule is CCC(C(N)=NO)N(C)Cc1cscn1. The van der Waals surface area contributed by atoms with Gasteiger partial charge in [0.1, 0.15) is 0 Å². The van der Waals surface area contributed by atoms with Crippen LogP contribution >= 0.6 is 11.3 Å². The van der Waals surface area contributed by atoms with Gasteiger partial charge in [0.25, 0.3) is 0 Å². The highest BCUT2D eigenvalue weighted by molar-refractivity contribution is 7.07. The molecule has 84 valence electrons. The molecule has 0 fully saturated rings. The number of likely N-dealkylation sites (N-methyl/N-ethyl adjacent to an activating group) is 1. The Morgan fingerprint density at radius 2 is 2.53 bits per heavy atom. The van der Waals surface area contributed by atoms with E-state index in [-0.39, 0.29) is 11.9 Å². The van der Waals surface area contributed by atoms with Gasteiger partial charge in [-0.15, -0.1) is 11.3 Å². The average Bonchev–Trinajstić information content (AvgIpc) is 2.71. The zero-order valence-corrected chi connectivity index (χ0v) is 9.74. The first-order chi connectivity index (χ1) is 7.19. The first kappa shape index (κ1) is 11.9. The number of hydrogen-bond donors (Lipinski definition) is 2. The number of hydrogen-bond acceptors (Lipinski definition) is 5. The van der Waals surface area contributed by atoms with Crippen LogP contribution in [-0.4, -0.2) is 34.0 Å². The monoisotopic (exact) mass is 228 g/mol. The third kappa shape index (κ3) is 3.17. The Morgan fingerprint density at radius 3 is 3.00 bits per heavy atom. The topological polar surface area (TPSA) is 74.7 Å². The molecule has 0 saturated carbocycles. The maximum Gasteiger partial charge on any atom is 0.156 e. The molecule has 0 saturated heterocycles. The van der Waals surface area contributed by atoms with Gasteiger partial charge < -0.3 is 10.9 Å². The minimum absolute atomic E-state index is 0.0447. The lowest BCUT2D eigenvalue weighted by atomic mass is 10.2. The third-order valence-electron chi connectivity index (χ3n) is 2.27. The van der Waals surface area contributed by atoms with Gasteiger partial charge in [0.2, 0.25) is 0 Å². The second-order valence-electron chi connectivity index (χ2n) is 3.34. The summed E-state index contributed by atoms with van der Waals surface area (Å²) in [5, 5.41) is 13.7. The fourth-order valence-electron chi connectivity index (χ4n) is 1.49. The second-order valence-corrected chi connectivity index (χ2v) is 4.06. The van der Waals surface area contributed by atoms with Gasteiger partial charge in [-0.1, -0.05) is 12.1 Å². The van der Waals surface area contributed by atoms with E-state index in [1.165, 1.54) is 0 Å². The smallest absolute Gasteiger partial charge is 0.156 e. The molecule has 0 amide bonds. The summed E-state index contributed by atoms with van der Waals surface area (Å²) in [5.41, 5.74) is 8.40. The number of aromatic nitrogens is 1. The summed E-state index contributed by atoms with van der Waals surface area (Å²) in [4.78, 5) is 6.21. The minimum atomic E-state index is -0.0447. The van der Waals surface area contributed by atoms with E-state index in [0.29, 0.717) is 6.54 Å². The number of oxime groups is 1. The van der Waals surface area contributed by atoms with E-state index in [9.17, 15) is 0 Å². The summed E-state index contributed by atoms with van der Waals surface area (Å²) >= 11 is 1.57. The van der Waals surface area contributed by atoms with Gasteiger partial charge >= 0.3 is 0 Å². The van der Waals surface area contributed by atoms with Crippen LogP contribution in [0.15, 0.2) is 16.0 Å². The normalized spacial score (nSPS) is 14.5. The van der Waals surface area contributed by atoms with Crippen LogP contribution in [-0.2, 0) is 6.54 Å². The Balaban J connectivity index is 2.61. The van der Waals surface area contributed by atoms with Crippen molar-refractivity contribution in [1.82, 2.24) is 9.88 Å². The first-order valence-corrected chi connectivity index (χ1v) is 5.68. The minimum Gasteiger partial charge on any atom is -0.409 e. The summed E-state index contributed by atoms with van der Waals surface area (Å²) in [6.45, 7) is 2.71. The maximum absolute atomic E-state index is 8.63. The Morgan fingerprint density at radius 1 is 1.80 bits per heavy atom. The Labute approximate surface area is 93.2 Å². The molecule has 1 aromatic rings. The van der Waals surface area contributed by atoms with Crippen molar-refractivity contribution in [1.29, 1.82) is 0 Å². The fourth-order valence-corrected chi connectivity index (χ4v) is 2.04. The van der Waals surface area contributed by atoms with Gasteiger partial charge in [0.05, 0.1) is 17.2 Å². The van der Waals surface area contributed by atoms with Gasteiger partial charge in [-0.05, 0) is 13.5 Å². The Bertz CT molecular complexity index is 312. The summed E-state index contributed by atoms with van der Waals surface area (Å²) in [7, 11) is 1.94. The van der Waals surface area contributed by atoms with E-state index in [2.05, 4.69) is 10.1 Å². The molecule has 0 aliphatic carbocycles. The third-order valence-corrected chi connectivity index (χ3v) is 2.91. The number of rotatable bonds is 5. The molecule has 1 aromatic heterocycles. The van der Waals surface area contributed by atoms with Crippen molar-refractivity contribution in [2.75, 3.05) is 7.05 Å². The highest BCUT2D eigenvalue weighted by Gasteiger charge is 2.17. The van der Waals surface area contributed by atoms with Crippen LogP contribution in [0.5, 0.6) is 0 Å². The molecule has 6 heteroatoms. The molecule has 0 radical (unpaired) electrons. The van der Waals surface area contributed by atoms with E-state index in [1.54, 1.807) is 16.8 Å². The molecule has 15 heavy (non-hydrogen) atoms. The van der Waals surface area contributed by atoms with Crippen LogP contribution in [0.4, 0.5) is 0 Å². The standard InChI is InChI=1S/C9H16N4OS/c1-3-8(9(10)12-14)13(2)4-7-5-15-6-11-7/h5-6,8,14H,3-4H2,1-2H3,(H2,10,12). The number of thiazole rings is 1. The molecule has 1 atom stereocenters. The lowest BCUT2D eigenvalue weighted by Gasteiger charge is -2.24. The Hall–Kier alpha value is -1.14. The zero-order chi connectivity index (χ0) is 11.3. The molecule has 0 aromatic carbocycles. The molecular formula is C9H16N4OS. The van der Waals surface area contributed by atoms with E-state index >= 15 is 0 Å². The van der Waals surface area contributed by atoms with Crippen molar-refractivity contribution in [2.24, 2.45) is 10.9 Å². The van der Waals surface area contributed by atoms with Crippen molar-refractivity contribution >= 4 is 17.2 Å². The first-order valence-electron chi connectivity index (χ1n) is 4.73. The zero-order valence-electron chi connectivity index (χ0n) is 8.92. The summed E-state index contributed by atoms with van der Waals surface area (Å²) < 4.78 is 0. The van der Waals surface area contributed by atoms with Crippen LogP contribution in [0.25, 0.3) is 0 Å². The van der Waals surface area contributed by atoms with Crippen LogP contribution in [0.3, 0.4) is 0 Å². The lowest BCUT2D eigenvalue weighted by Crippen LogP contribution is -2.41. The van der Waals surface area contributed by atoms with Gasteiger partial charge in [-0.25, -0.2) is 4.98 Å². The van der Waals surface area contributed by atoms with Crippen molar-refractivity contribution in [2.45, 2.75) is 25.9 Å². The molecule has 1 heterocycles. The summed E-state index contributed by atoms with van der Waals surface area (Å²) in [6, 6.07) is -0.0447. The van der Waals surface area contributed by atoms with E-state index in [1.807, 2.05) is 24.3 Å². The van der Waals surface area contributed by atoms with E-state index in [0.717, 1.165) is 12.1 Å². The van der Waals surface area contributed by atoms with Crippen LogP contribution in [0, 0.1) is 0 Å². The van der Waals surface area contributed by atoms with Crippen LogP contribution < -0.4 is 5.73 Å². The predicted molar refractivity (Wildman–Crippen MR) is 61.1 cm³/mol. The molecule has 1 unspecified atom stereocenters. The van der Waals surface area contributed by atoms with Crippen molar-refractivity contribution < 1.29 is 5.21 Å². The highest BCUT2D eigenvalue weighted by Crippen LogP contribution is 2.09. The molecule has 0 spiro atoms. The molecule has 5 nitrogen and oxygen atoms in total. The van der Waals surface area contributed by atoms with Crippen LogP contribution in [0.2, 0.25) is 0 Å². The molecule has 1 rings (SSSR count). The maximum atomic E-state index is 8.63. The van der Waals surface area contributed by atoms with Gasteiger partial charge in [0.15, 0.2) is 5.84 Å². The quantitative estimate of drug-likeness (QED) is 0.342. The van der Waals surface area contributed by atoms with Crippen molar-refractivity contribution in [3.8, 4) is 0 Å². The largest absolute Gasteiger partial charge is 0.409 e. The van der Waals surface area contributed by atoms with Gasteiger partial charge in [-0.3, -0.25) is 4.90 Å². The summed E-state index contributed by atoms with van der Waals surface area (Å²) in [5.74, 6) is 0.246. The van der Waals surface area contributed by atoms with Crippen LogP contribution in [0.1, 0.15) is 19.0 Å². The van der Waals surface area contributed by atoms with Gasteiger partial charge in [-0.2, -0.15) is 0 Å². The average molecular weight is 228 g/mol. The van der Waals surface area contributed by atoms with Gasteiger partial charge in [0, 0.05) is 11.9 Å². The highest BCUT2D eigenvalue weighted by atomic mass is 32.1. The van der Waals surface area contributed by atoms with E-state index in [4.69, 9.17) is 10.9 Å². The van der Waals surface area contributed by atoms with Crippen molar-refractivity contribution in [3.05, 3.63) is 16.6 Å². The number of nitrogens with zero attached hydrogens (tertiary/aromatic N) is 3.